The van der Waals surface area contributed by atoms with Crippen LogP contribution >= 0.6 is 23.2 Å². The van der Waals surface area contributed by atoms with Crippen LogP contribution in [-0.4, -0.2) is 36.9 Å². The zero-order chi connectivity index (χ0) is 24.1. The summed E-state index contributed by atoms with van der Waals surface area (Å²) in [5.41, 5.74) is 2.33. The third-order valence-electron chi connectivity index (χ3n) is 5.85. The number of hydrogen-bond donors (Lipinski definition) is 0. The number of nitrogens with zero attached hydrogens (tertiary/aromatic N) is 1. The Hall–Kier alpha value is -2.79. The molecule has 0 aliphatic carbocycles. The van der Waals surface area contributed by atoms with Crippen molar-refractivity contribution in [3.05, 3.63) is 87.9 Å². The van der Waals surface area contributed by atoms with Crippen LogP contribution in [0.25, 0.3) is 22.3 Å². The van der Waals surface area contributed by atoms with Gasteiger partial charge in [-0.2, -0.15) is 0 Å². The van der Waals surface area contributed by atoms with Crippen molar-refractivity contribution in [1.29, 1.82) is 0 Å². The van der Waals surface area contributed by atoms with E-state index in [9.17, 15) is 4.79 Å². The normalized spacial score (nSPS) is 11.3. The Labute approximate surface area is 210 Å². The number of ketones is 1. The smallest absolute Gasteiger partial charge is 0.197 e. The van der Waals surface area contributed by atoms with E-state index in [2.05, 4.69) is 18.7 Å². The Morgan fingerprint density at radius 2 is 1.62 bits per heavy atom. The Balaban J connectivity index is 1.58. The number of furan rings is 1. The fourth-order valence-corrected chi connectivity index (χ4v) is 4.55. The second-order valence-electron chi connectivity index (χ2n) is 8.04. The quantitative estimate of drug-likeness (QED) is 0.166. The highest BCUT2D eigenvalue weighted by Crippen LogP contribution is 2.37. The molecule has 0 fully saturated rings. The molecule has 0 N–H and O–H groups in total. The summed E-state index contributed by atoms with van der Waals surface area (Å²) in [4.78, 5) is 16.0. The molecule has 0 atom stereocenters. The van der Waals surface area contributed by atoms with Gasteiger partial charge < -0.3 is 14.1 Å². The summed E-state index contributed by atoms with van der Waals surface area (Å²) in [6, 6.07) is 19.9. The van der Waals surface area contributed by atoms with Crippen molar-refractivity contribution in [3.8, 4) is 17.1 Å². The number of ether oxygens (including phenoxy) is 1. The first kappa shape index (κ1) is 24.3. The molecule has 4 nitrogen and oxygen atoms in total. The molecular formula is C28H27Cl2NO3. The minimum Gasteiger partial charge on any atom is -0.494 e. The molecular weight excluding hydrogens is 469 g/mol. The molecule has 0 saturated heterocycles. The predicted octanol–water partition coefficient (Wildman–Crippen LogP) is 7.75. The summed E-state index contributed by atoms with van der Waals surface area (Å²) in [5.74, 6) is 1.06. The van der Waals surface area contributed by atoms with E-state index >= 15 is 0 Å². The van der Waals surface area contributed by atoms with Gasteiger partial charge in [-0.3, -0.25) is 4.79 Å². The molecule has 4 aromatic rings. The van der Waals surface area contributed by atoms with Crippen molar-refractivity contribution in [2.24, 2.45) is 0 Å². The van der Waals surface area contributed by atoms with E-state index in [-0.39, 0.29) is 5.78 Å². The highest BCUT2D eigenvalue weighted by atomic mass is 35.5. The average Bonchev–Trinajstić information content (AvgIpc) is 3.23. The molecule has 0 aliphatic heterocycles. The number of carbonyl (C=O) groups is 1. The van der Waals surface area contributed by atoms with Crippen molar-refractivity contribution in [3.63, 3.8) is 0 Å². The van der Waals surface area contributed by atoms with Gasteiger partial charge >= 0.3 is 0 Å². The van der Waals surface area contributed by atoms with Crippen LogP contribution in [0, 0.1) is 0 Å². The molecule has 6 heteroatoms. The molecule has 4 rings (SSSR count). The zero-order valence-corrected chi connectivity index (χ0v) is 20.8. The minimum absolute atomic E-state index is 0.135. The van der Waals surface area contributed by atoms with Crippen LogP contribution < -0.4 is 4.74 Å². The van der Waals surface area contributed by atoms with Gasteiger partial charge in [-0.05, 0) is 68.0 Å². The molecule has 34 heavy (non-hydrogen) atoms. The summed E-state index contributed by atoms with van der Waals surface area (Å²) in [5, 5.41) is 1.70. The van der Waals surface area contributed by atoms with Gasteiger partial charge in [0.2, 0.25) is 0 Å². The molecule has 0 radical (unpaired) electrons. The maximum absolute atomic E-state index is 13.6. The summed E-state index contributed by atoms with van der Waals surface area (Å²) < 4.78 is 12.0. The number of halogens is 2. The second kappa shape index (κ2) is 11.1. The van der Waals surface area contributed by atoms with Gasteiger partial charge in [0.1, 0.15) is 17.1 Å². The van der Waals surface area contributed by atoms with Crippen LogP contribution in [0.2, 0.25) is 10.0 Å². The van der Waals surface area contributed by atoms with Crippen LogP contribution in [0.15, 0.2) is 71.1 Å². The molecule has 3 aromatic carbocycles. The maximum atomic E-state index is 13.6. The van der Waals surface area contributed by atoms with Gasteiger partial charge in [0.15, 0.2) is 5.78 Å². The Morgan fingerprint density at radius 3 is 2.29 bits per heavy atom. The Morgan fingerprint density at radius 1 is 0.941 bits per heavy atom. The van der Waals surface area contributed by atoms with E-state index < -0.39 is 0 Å². The SMILES string of the molecule is CCN(CC)CCCOc1ccc(C(=O)c2c(-c3cc(Cl)cc(Cl)c3)oc3ccccc23)cc1. The first-order chi connectivity index (χ1) is 16.5. The Kier molecular flexibility index (Phi) is 7.94. The van der Waals surface area contributed by atoms with E-state index in [1.54, 1.807) is 30.3 Å². The molecule has 0 unspecified atom stereocenters. The summed E-state index contributed by atoms with van der Waals surface area (Å²) in [7, 11) is 0. The van der Waals surface area contributed by atoms with E-state index in [1.807, 2.05) is 36.4 Å². The number of hydrogen-bond acceptors (Lipinski definition) is 4. The standard InChI is InChI=1S/C28H27Cl2NO3/c1-3-31(4-2)14-7-15-33-23-12-10-19(11-13-23)27(32)26-24-8-5-6-9-25(24)34-28(26)20-16-21(29)18-22(30)17-20/h5-6,8-13,16-18H,3-4,7,14-15H2,1-2H3. The second-order valence-corrected chi connectivity index (χ2v) is 8.92. The van der Waals surface area contributed by atoms with Gasteiger partial charge in [0.05, 0.1) is 12.2 Å². The number of benzene rings is 3. The lowest BCUT2D eigenvalue weighted by atomic mass is 9.97. The molecule has 0 aliphatic rings. The van der Waals surface area contributed by atoms with Crippen molar-refractivity contribution >= 4 is 40.0 Å². The van der Waals surface area contributed by atoms with E-state index in [1.165, 1.54) is 0 Å². The maximum Gasteiger partial charge on any atom is 0.197 e. The molecule has 0 spiro atoms. The zero-order valence-electron chi connectivity index (χ0n) is 19.3. The third-order valence-corrected chi connectivity index (χ3v) is 6.28. The Bertz CT molecular complexity index is 1260. The molecule has 176 valence electrons. The predicted molar refractivity (Wildman–Crippen MR) is 139 cm³/mol. The first-order valence-corrected chi connectivity index (χ1v) is 12.2. The molecule has 1 aromatic heterocycles. The number of fused-ring (bicyclic) bond motifs is 1. The lowest BCUT2D eigenvalue weighted by Gasteiger charge is -2.17. The van der Waals surface area contributed by atoms with Crippen molar-refractivity contribution < 1.29 is 13.9 Å². The topological polar surface area (TPSA) is 42.7 Å². The summed E-state index contributed by atoms with van der Waals surface area (Å²) in [6.45, 7) is 8.05. The largest absolute Gasteiger partial charge is 0.494 e. The summed E-state index contributed by atoms with van der Waals surface area (Å²) in [6.07, 6.45) is 0.953. The van der Waals surface area contributed by atoms with Crippen LogP contribution in [0.4, 0.5) is 0 Å². The lowest BCUT2D eigenvalue weighted by molar-refractivity contribution is 0.104. The number of rotatable bonds is 10. The monoisotopic (exact) mass is 495 g/mol. The van der Waals surface area contributed by atoms with Crippen molar-refractivity contribution in [1.82, 2.24) is 4.90 Å². The van der Waals surface area contributed by atoms with E-state index in [4.69, 9.17) is 32.4 Å². The van der Waals surface area contributed by atoms with E-state index in [0.717, 1.165) is 37.2 Å². The molecule has 0 bridgehead atoms. The fourth-order valence-electron chi connectivity index (χ4n) is 4.02. The highest BCUT2D eigenvalue weighted by molar-refractivity contribution is 6.35. The van der Waals surface area contributed by atoms with Gasteiger partial charge in [-0.15, -0.1) is 0 Å². The first-order valence-electron chi connectivity index (χ1n) is 11.5. The van der Waals surface area contributed by atoms with E-state index in [0.29, 0.717) is 44.7 Å². The third kappa shape index (κ3) is 5.47. The summed E-state index contributed by atoms with van der Waals surface area (Å²) >= 11 is 12.4. The van der Waals surface area contributed by atoms with Crippen LogP contribution in [0.1, 0.15) is 36.2 Å². The molecule has 0 saturated carbocycles. The fraction of sp³-hybridized carbons (Fsp3) is 0.250. The molecule has 1 heterocycles. The van der Waals surface area contributed by atoms with Crippen LogP contribution in [0.5, 0.6) is 5.75 Å². The highest BCUT2D eigenvalue weighted by Gasteiger charge is 2.23. The van der Waals surface area contributed by atoms with Crippen molar-refractivity contribution in [2.75, 3.05) is 26.2 Å². The number of para-hydroxylation sites is 1. The van der Waals surface area contributed by atoms with Crippen LogP contribution in [0.3, 0.4) is 0 Å². The van der Waals surface area contributed by atoms with Gasteiger partial charge in [-0.25, -0.2) is 0 Å². The van der Waals surface area contributed by atoms with Crippen LogP contribution in [-0.2, 0) is 0 Å². The number of carbonyl (C=O) groups excluding carboxylic acids is 1. The van der Waals surface area contributed by atoms with Gasteiger partial charge in [0.25, 0.3) is 0 Å². The average molecular weight is 496 g/mol. The van der Waals surface area contributed by atoms with Crippen molar-refractivity contribution in [2.45, 2.75) is 20.3 Å². The molecule has 0 amide bonds. The lowest BCUT2D eigenvalue weighted by Crippen LogP contribution is -2.25. The van der Waals surface area contributed by atoms with Gasteiger partial charge in [0, 0.05) is 33.1 Å². The minimum atomic E-state index is -0.135. The van der Waals surface area contributed by atoms with Gasteiger partial charge in [-0.1, -0.05) is 55.2 Å².